The average molecular weight is 269 g/mol. The molecule has 1 aromatic rings. The van der Waals surface area contributed by atoms with Gasteiger partial charge in [-0.2, -0.15) is 11.8 Å². The third-order valence-corrected chi connectivity index (χ3v) is 3.28. The summed E-state index contributed by atoms with van der Waals surface area (Å²) in [6.45, 7) is 0.495. The second kappa shape index (κ2) is 8.00. The number of rotatable bonds is 8. The fourth-order valence-electron chi connectivity index (χ4n) is 1.63. The summed E-state index contributed by atoms with van der Waals surface area (Å²) in [5, 5.41) is 12.2. The Morgan fingerprint density at radius 2 is 2.22 bits per heavy atom. The molecule has 0 aliphatic carbocycles. The molecule has 2 N–H and O–H groups in total. The smallest absolute Gasteiger partial charge is 0.320 e. The van der Waals surface area contributed by atoms with E-state index < -0.39 is 12.0 Å². The van der Waals surface area contributed by atoms with Crippen molar-refractivity contribution in [1.29, 1.82) is 0 Å². The van der Waals surface area contributed by atoms with Gasteiger partial charge in [-0.15, -0.1) is 0 Å². The lowest BCUT2D eigenvalue weighted by molar-refractivity contribution is -0.139. The van der Waals surface area contributed by atoms with Gasteiger partial charge in [0.1, 0.15) is 11.8 Å². The van der Waals surface area contributed by atoms with E-state index in [1.165, 1.54) is 0 Å². The highest BCUT2D eigenvalue weighted by Crippen LogP contribution is 2.17. The molecule has 0 unspecified atom stereocenters. The van der Waals surface area contributed by atoms with Crippen molar-refractivity contribution in [3.05, 3.63) is 29.8 Å². The Hall–Kier alpha value is -1.20. The van der Waals surface area contributed by atoms with Crippen molar-refractivity contribution < 1.29 is 14.6 Å². The van der Waals surface area contributed by atoms with Crippen molar-refractivity contribution >= 4 is 17.7 Å². The molecule has 0 fully saturated rings. The maximum absolute atomic E-state index is 11.1. The SMILES string of the molecule is COc1ccccc1CN[C@H](CCSC)C(=O)O. The van der Waals surface area contributed by atoms with Crippen molar-refractivity contribution in [1.82, 2.24) is 5.32 Å². The summed E-state index contributed by atoms with van der Waals surface area (Å²) >= 11 is 1.65. The van der Waals surface area contributed by atoms with Crippen LogP contribution in [0.15, 0.2) is 24.3 Å². The topological polar surface area (TPSA) is 58.6 Å². The van der Waals surface area contributed by atoms with Crippen LogP contribution in [0, 0.1) is 0 Å². The van der Waals surface area contributed by atoms with Crippen LogP contribution in [0.5, 0.6) is 5.75 Å². The maximum Gasteiger partial charge on any atom is 0.320 e. The Morgan fingerprint density at radius 3 is 2.83 bits per heavy atom. The number of ether oxygens (including phenoxy) is 1. The van der Waals surface area contributed by atoms with Gasteiger partial charge in [0, 0.05) is 12.1 Å². The first-order valence-electron chi connectivity index (χ1n) is 5.76. The molecule has 0 amide bonds. The van der Waals surface area contributed by atoms with Gasteiger partial charge in [0.15, 0.2) is 0 Å². The van der Waals surface area contributed by atoms with Crippen molar-refractivity contribution in [3.8, 4) is 5.75 Å². The zero-order chi connectivity index (χ0) is 13.4. The van der Waals surface area contributed by atoms with Gasteiger partial charge in [0.2, 0.25) is 0 Å². The van der Waals surface area contributed by atoms with Gasteiger partial charge < -0.3 is 15.2 Å². The molecule has 0 bridgehead atoms. The second-order valence-electron chi connectivity index (χ2n) is 3.87. The first-order valence-corrected chi connectivity index (χ1v) is 7.15. The quantitative estimate of drug-likeness (QED) is 0.756. The van der Waals surface area contributed by atoms with Gasteiger partial charge in [-0.25, -0.2) is 0 Å². The van der Waals surface area contributed by atoms with Crippen LogP contribution in [0.25, 0.3) is 0 Å². The van der Waals surface area contributed by atoms with Crippen molar-refractivity contribution in [2.45, 2.75) is 19.0 Å². The zero-order valence-electron chi connectivity index (χ0n) is 10.7. The van der Waals surface area contributed by atoms with E-state index in [1.807, 2.05) is 30.5 Å². The third-order valence-electron chi connectivity index (χ3n) is 2.64. The Labute approximate surface area is 112 Å². The number of hydrogen-bond acceptors (Lipinski definition) is 4. The van der Waals surface area contributed by atoms with Crippen molar-refractivity contribution in [2.75, 3.05) is 19.1 Å². The summed E-state index contributed by atoms with van der Waals surface area (Å²) in [6.07, 6.45) is 2.59. The summed E-state index contributed by atoms with van der Waals surface area (Å²) in [6, 6.07) is 7.10. The van der Waals surface area contributed by atoms with E-state index in [4.69, 9.17) is 9.84 Å². The van der Waals surface area contributed by atoms with E-state index in [9.17, 15) is 4.79 Å². The maximum atomic E-state index is 11.1. The van der Waals surface area contributed by atoms with Gasteiger partial charge in [-0.1, -0.05) is 18.2 Å². The highest BCUT2D eigenvalue weighted by atomic mass is 32.2. The van der Waals surface area contributed by atoms with E-state index >= 15 is 0 Å². The van der Waals surface area contributed by atoms with Crippen LogP contribution in [-0.2, 0) is 11.3 Å². The summed E-state index contributed by atoms with van der Waals surface area (Å²) in [4.78, 5) is 11.1. The lowest BCUT2D eigenvalue weighted by atomic mass is 10.1. The molecule has 0 saturated carbocycles. The lowest BCUT2D eigenvalue weighted by Gasteiger charge is -2.15. The molecule has 0 aliphatic heterocycles. The van der Waals surface area contributed by atoms with Gasteiger partial charge in [0.25, 0.3) is 0 Å². The Balaban J connectivity index is 2.58. The summed E-state index contributed by atoms with van der Waals surface area (Å²) in [5.74, 6) is 0.800. The first kappa shape index (κ1) is 14.9. The number of methoxy groups -OCH3 is 1. The summed E-state index contributed by atoms with van der Waals surface area (Å²) in [5.41, 5.74) is 0.968. The van der Waals surface area contributed by atoms with Gasteiger partial charge in [0.05, 0.1) is 7.11 Å². The molecule has 4 nitrogen and oxygen atoms in total. The normalized spacial score (nSPS) is 12.1. The average Bonchev–Trinajstić information content (AvgIpc) is 2.38. The van der Waals surface area contributed by atoms with Crippen LogP contribution < -0.4 is 10.1 Å². The number of thioether (sulfide) groups is 1. The van der Waals surface area contributed by atoms with Crippen LogP contribution in [0.3, 0.4) is 0 Å². The molecule has 0 aromatic heterocycles. The predicted octanol–water partition coefficient (Wildman–Crippen LogP) is 1.99. The van der Waals surface area contributed by atoms with Crippen LogP contribution in [0.1, 0.15) is 12.0 Å². The molecular weight excluding hydrogens is 250 g/mol. The molecule has 0 radical (unpaired) electrons. The highest BCUT2D eigenvalue weighted by molar-refractivity contribution is 7.98. The largest absolute Gasteiger partial charge is 0.496 e. The monoisotopic (exact) mass is 269 g/mol. The number of carboxylic acids is 1. The molecule has 100 valence electrons. The lowest BCUT2D eigenvalue weighted by Crippen LogP contribution is -2.36. The number of nitrogens with one attached hydrogen (secondary N) is 1. The molecule has 1 rings (SSSR count). The highest BCUT2D eigenvalue weighted by Gasteiger charge is 2.16. The predicted molar refractivity (Wildman–Crippen MR) is 74.3 cm³/mol. The van der Waals surface area contributed by atoms with E-state index in [-0.39, 0.29) is 0 Å². The van der Waals surface area contributed by atoms with Crippen LogP contribution in [0.2, 0.25) is 0 Å². The molecule has 1 aromatic carbocycles. The Morgan fingerprint density at radius 1 is 1.50 bits per heavy atom. The molecule has 1 atom stereocenters. The Bertz CT molecular complexity index is 384. The van der Waals surface area contributed by atoms with Crippen LogP contribution in [0.4, 0.5) is 0 Å². The fraction of sp³-hybridized carbons (Fsp3) is 0.462. The molecule has 5 heteroatoms. The Kier molecular flexibility index (Phi) is 6.60. The van der Waals surface area contributed by atoms with E-state index in [1.54, 1.807) is 18.9 Å². The molecule has 0 spiro atoms. The molecule has 0 heterocycles. The second-order valence-corrected chi connectivity index (χ2v) is 4.85. The molecular formula is C13H19NO3S. The molecule has 0 aliphatic rings. The minimum absolute atomic E-state index is 0.495. The number of aliphatic carboxylic acids is 1. The van der Waals surface area contributed by atoms with Crippen LogP contribution in [-0.4, -0.2) is 36.2 Å². The number of carboxylic acid groups (broad SMARTS) is 1. The van der Waals surface area contributed by atoms with Gasteiger partial charge in [-0.05, 0) is 24.5 Å². The van der Waals surface area contributed by atoms with Gasteiger partial charge in [-0.3, -0.25) is 4.79 Å². The van der Waals surface area contributed by atoms with Gasteiger partial charge >= 0.3 is 5.97 Å². The van der Waals surface area contributed by atoms with E-state index in [0.717, 1.165) is 17.1 Å². The van der Waals surface area contributed by atoms with Crippen molar-refractivity contribution in [3.63, 3.8) is 0 Å². The first-order chi connectivity index (χ1) is 8.69. The molecule has 0 saturated heterocycles. The number of hydrogen-bond donors (Lipinski definition) is 2. The third kappa shape index (κ3) is 4.58. The zero-order valence-corrected chi connectivity index (χ0v) is 11.5. The standard InChI is InChI=1S/C13H19NO3S/c1-17-12-6-4-3-5-10(12)9-14-11(13(15)16)7-8-18-2/h3-6,11,14H,7-9H2,1-2H3,(H,15,16)/t11-/m1/s1. The summed E-state index contributed by atoms with van der Waals surface area (Å²) in [7, 11) is 1.61. The fourth-order valence-corrected chi connectivity index (χ4v) is 2.10. The minimum Gasteiger partial charge on any atom is -0.496 e. The van der Waals surface area contributed by atoms with Crippen LogP contribution >= 0.6 is 11.8 Å². The molecule has 18 heavy (non-hydrogen) atoms. The van der Waals surface area contributed by atoms with E-state index in [2.05, 4.69) is 5.32 Å². The number of carbonyl (C=O) groups is 1. The summed E-state index contributed by atoms with van der Waals surface area (Å²) < 4.78 is 5.23. The minimum atomic E-state index is -0.807. The van der Waals surface area contributed by atoms with Crippen molar-refractivity contribution in [2.24, 2.45) is 0 Å². The number of para-hydroxylation sites is 1. The van der Waals surface area contributed by atoms with E-state index in [0.29, 0.717) is 13.0 Å². The number of benzene rings is 1.